The van der Waals surface area contributed by atoms with Crippen molar-refractivity contribution in [2.45, 2.75) is 52.4 Å². The summed E-state index contributed by atoms with van der Waals surface area (Å²) >= 11 is 0. The number of benzene rings is 8. The van der Waals surface area contributed by atoms with E-state index in [1.165, 1.54) is 22.3 Å². The molecule has 0 saturated heterocycles. The van der Waals surface area contributed by atoms with E-state index in [4.69, 9.17) is 0 Å². The first kappa shape index (κ1) is 43.2. The van der Waals surface area contributed by atoms with Gasteiger partial charge in [0, 0.05) is 34.1 Å². The van der Waals surface area contributed by atoms with E-state index >= 15 is 0 Å². The maximum Gasteiger partial charge on any atom is 0.0467 e. The van der Waals surface area contributed by atoms with Crippen molar-refractivity contribution in [1.82, 2.24) is 0 Å². The van der Waals surface area contributed by atoms with E-state index in [9.17, 15) is 0 Å². The summed E-state index contributed by atoms with van der Waals surface area (Å²) < 4.78 is 0. The Hall–Kier alpha value is -7.42. The van der Waals surface area contributed by atoms with Crippen LogP contribution in [0.25, 0.3) is 36.5 Å². The fourth-order valence-corrected chi connectivity index (χ4v) is 7.82. The second-order valence-electron chi connectivity index (χ2n) is 18.5. The van der Waals surface area contributed by atoms with Crippen molar-refractivity contribution in [3.63, 3.8) is 0 Å². The van der Waals surface area contributed by atoms with E-state index < -0.39 is 0 Å². The molecular weight excluding hydrogens is 773 g/mol. The summed E-state index contributed by atoms with van der Waals surface area (Å²) in [6.07, 6.45) is 13.2. The van der Waals surface area contributed by atoms with Crippen LogP contribution >= 0.6 is 0 Å². The minimum Gasteiger partial charge on any atom is -0.310 e. The van der Waals surface area contributed by atoms with Crippen LogP contribution in [0.15, 0.2) is 206 Å². The molecule has 0 N–H and O–H groups in total. The van der Waals surface area contributed by atoms with Gasteiger partial charge < -0.3 is 9.80 Å². The van der Waals surface area contributed by atoms with Crippen molar-refractivity contribution in [3.8, 4) is 0 Å². The maximum absolute atomic E-state index is 2.32. The first-order valence-electron chi connectivity index (χ1n) is 22.3. The molecule has 0 fully saturated rings. The van der Waals surface area contributed by atoms with Gasteiger partial charge in [-0.05, 0) is 128 Å². The summed E-state index contributed by atoms with van der Waals surface area (Å²) in [6, 6.07) is 74.0. The molecule has 316 valence electrons. The molecule has 2 heteroatoms. The highest BCUT2D eigenvalue weighted by molar-refractivity contribution is 5.83. The molecule has 64 heavy (non-hydrogen) atoms. The first-order chi connectivity index (χ1) is 31.0. The topological polar surface area (TPSA) is 6.48 Å². The van der Waals surface area contributed by atoms with Crippen LogP contribution in [-0.2, 0) is 10.8 Å². The van der Waals surface area contributed by atoms with Gasteiger partial charge in [0.05, 0.1) is 0 Å². The Morgan fingerprint density at radius 2 is 0.516 bits per heavy atom. The molecule has 0 amide bonds. The largest absolute Gasteiger partial charge is 0.310 e. The second-order valence-corrected chi connectivity index (χ2v) is 18.5. The quantitative estimate of drug-likeness (QED) is 0.113. The van der Waals surface area contributed by atoms with E-state index in [0.717, 1.165) is 56.4 Å². The van der Waals surface area contributed by atoms with Gasteiger partial charge >= 0.3 is 0 Å². The van der Waals surface area contributed by atoms with E-state index in [0.29, 0.717) is 0 Å². The second kappa shape index (κ2) is 19.3. The lowest BCUT2D eigenvalue weighted by Gasteiger charge is -2.26. The van der Waals surface area contributed by atoms with Crippen LogP contribution in [0.3, 0.4) is 0 Å². The van der Waals surface area contributed by atoms with Gasteiger partial charge in [0.15, 0.2) is 0 Å². The molecule has 0 aromatic heterocycles. The van der Waals surface area contributed by atoms with Gasteiger partial charge in [0.2, 0.25) is 0 Å². The molecule has 8 aromatic rings. The smallest absolute Gasteiger partial charge is 0.0467 e. The molecule has 0 bridgehead atoms. The molecule has 0 spiro atoms. The monoisotopic (exact) mass is 830 g/mol. The minimum absolute atomic E-state index is 0.143. The Kier molecular flexibility index (Phi) is 13.1. The normalized spacial score (nSPS) is 12.0. The van der Waals surface area contributed by atoms with Crippen LogP contribution in [-0.4, -0.2) is 0 Å². The molecule has 0 aliphatic heterocycles. The Balaban J connectivity index is 1.02. The molecule has 2 nitrogen and oxygen atoms in total. The Morgan fingerprint density at radius 3 is 0.828 bits per heavy atom. The Labute approximate surface area is 381 Å². The van der Waals surface area contributed by atoms with Crippen molar-refractivity contribution in [2.24, 2.45) is 0 Å². The lowest BCUT2D eigenvalue weighted by molar-refractivity contribution is 0.590. The summed E-state index contributed by atoms with van der Waals surface area (Å²) in [4.78, 5) is 4.64. The lowest BCUT2D eigenvalue weighted by Crippen LogP contribution is -2.10. The van der Waals surface area contributed by atoms with E-state index in [1.807, 2.05) is 0 Å². The number of para-hydroxylation sites is 2. The predicted octanol–water partition coefficient (Wildman–Crippen LogP) is 17.7. The number of anilines is 6. The van der Waals surface area contributed by atoms with Crippen molar-refractivity contribution >= 4 is 70.6 Å². The van der Waals surface area contributed by atoms with E-state index in [1.54, 1.807) is 0 Å². The van der Waals surface area contributed by atoms with Crippen LogP contribution in [0.2, 0.25) is 0 Å². The number of hydrogen-bond acceptors (Lipinski definition) is 2. The predicted molar refractivity (Wildman–Crippen MR) is 279 cm³/mol. The zero-order valence-corrected chi connectivity index (χ0v) is 38.0. The third kappa shape index (κ3) is 11.0. The summed E-state index contributed by atoms with van der Waals surface area (Å²) in [7, 11) is 0. The third-order valence-electron chi connectivity index (χ3n) is 11.5. The van der Waals surface area contributed by atoms with Gasteiger partial charge in [-0.3, -0.25) is 0 Å². The summed E-state index contributed by atoms with van der Waals surface area (Å²) in [5.74, 6) is 0. The molecule has 8 aromatic carbocycles. The van der Waals surface area contributed by atoms with Crippen LogP contribution in [0.5, 0.6) is 0 Å². The first-order valence-corrected chi connectivity index (χ1v) is 22.3. The van der Waals surface area contributed by atoms with Crippen LogP contribution in [0.1, 0.15) is 86.1 Å². The highest BCUT2D eigenvalue weighted by Crippen LogP contribution is 2.37. The summed E-state index contributed by atoms with van der Waals surface area (Å²) in [6.45, 7) is 13.5. The zero-order chi connectivity index (χ0) is 44.5. The minimum atomic E-state index is 0.143. The maximum atomic E-state index is 2.32. The van der Waals surface area contributed by atoms with E-state index in [-0.39, 0.29) is 10.8 Å². The molecule has 8 rings (SSSR count). The van der Waals surface area contributed by atoms with Crippen LogP contribution in [0.4, 0.5) is 34.1 Å². The highest BCUT2D eigenvalue weighted by atomic mass is 15.1. The molecule has 0 radical (unpaired) electrons. The molecule has 0 unspecified atom stereocenters. The number of nitrogens with zero attached hydrogens (tertiary/aromatic N) is 2. The van der Waals surface area contributed by atoms with Gasteiger partial charge in [0.25, 0.3) is 0 Å². The van der Waals surface area contributed by atoms with Gasteiger partial charge in [-0.1, -0.05) is 211 Å². The highest BCUT2D eigenvalue weighted by Gasteiger charge is 2.16. The Morgan fingerprint density at radius 1 is 0.250 bits per heavy atom. The van der Waals surface area contributed by atoms with Crippen molar-refractivity contribution in [1.29, 1.82) is 0 Å². The number of hydrogen-bond donors (Lipinski definition) is 0. The number of rotatable bonds is 12. The summed E-state index contributed by atoms with van der Waals surface area (Å²) in [5, 5.41) is 0. The average Bonchev–Trinajstić information content (AvgIpc) is 3.31. The molecular formula is C62H58N2. The Bertz CT molecular complexity index is 2630. The molecule has 0 atom stereocenters. The van der Waals surface area contributed by atoms with Crippen molar-refractivity contribution < 1.29 is 0 Å². The van der Waals surface area contributed by atoms with E-state index in [2.05, 4.69) is 294 Å². The molecule has 0 aliphatic carbocycles. The van der Waals surface area contributed by atoms with Crippen LogP contribution in [0, 0.1) is 0 Å². The summed E-state index contributed by atoms with van der Waals surface area (Å²) in [5.41, 5.74) is 16.5. The molecule has 0 saturated carbocycles. The fraction of sp³-hybridized carbons (Fsp3) is 0.129. The standard InChI is InChI=1S/C62H58N2/c1-61(2,3)53-37-29-47(30-38-53)23-25-49-33-41-57(42-34-49)63(55-17-9-7-10-18-55)59-21-13-15-51(45-59)27-28-52-16-14-22-60(46-52)64(56-19-11-8-12-20-56)58-43-35-50(36-44-58)26-24-48-31-39-54(40-32-48)62(4,5)6/h7-46H,1-6H3/b25-23+,26-24+,28-27+. The average molecular weight is 831 g/mol. The SMILES string of the molecule is CC(C)(C)c1ccc(/C=C/c2ccc(N(c3ccccc3)c3cccc(/C=C/c4cccc(N(c5ccccc5)c5ccc(/C=C/c6ccc(C(C)(C)C)cc6)cc5)c4)c3)cc2)cc1. The lowest BCUT2D eigenvalue weighted by atomic mass is 9.87. The third-order valence-corrected chi connectivity index (χ3v) is 11.5. The van der Waals surface area contributed by atoms with Gasteiger partial charge in [-0.25, -0.2) is 0 Å². The van der Waals surface area contributed by atoms with Crippen molar-refractivity contribution in [2.75, 3.05) is 9.80 Å². The van der Waals surface area contributed by atoms with Gasteiger partial charge in [0.1, 0.15) is 0 Å². The fourth-order valence-electron chi connectivity index (χ4n) is 7.82. The van der Waals surface area contributed by atoms with Gasteiger partial charge in [-0.15, -0.1) is 0 Å². The molecule has 0 heterocycles. The van der Waals surface area contributed by atoms with Gasteiger partial charge in [-0.2, -0.15) is 0 Å². The zero-order valence-electron chi connectivity index (χ0n) is 38.0. The van der Waals surface area contributed by atoms with Crippen LogP contribution < -0.4 is 9.80 Å². The molecule has 0 aliphatic rings. The van der Waals surface area contributed by atoms with Crippen molar-refractivity contribution in [3.05, 3.63) is 251 Å².